The molecule has 0 saturated heterocycles. The summed E-state index contributed by atoms with van der Waals surface area (Å²) in [6.07, 6.45) is 6.32. The van der Waals surface area contributed by atoms with Crippen LogP contribution in [-0.4, -0.2) is 5.78 Å². The molecule has 0 radical (unpaired) electrons. The summed E-state index contributed by atoms with van der Waals surface area (Å²) < 4.78 is 6.03. The lowest BCUT2D eigenvalue weighted by Gasteiger charge is -2.42. The number of ether oxygens (including phenoxy) is 1. The molecular formula is C26H32O2. The molecule has 4 rings (SSSR count). The Morgan fingerprint density at radius 3 is 2.68 bits per heavy atom. The first-order chi connectivity index (χ1) is 13.6. The van der Waals surface area contributed by atoms with Crippen molar-refractivity contribution in [3.63, 3.8) is 0 Å². The first-order valence-electron chi connectivity index (χ1n) is 10.9. The lowest BCUT2D eigenvalue weighted by Crippen LogP contribution is -2.35. The highest BCUT2D eigenvalue weighted by atomic mass is 16.5. The molecule has 0 spiro atoms. The molecule has 2 heteroatoms. The lowest BCUT2D eigenvalue weighted by atomic mass is 9.62. The highest BCUT2D eigenvalue weighted by molar-refractivity contribution is 5.81. The number of aryl methyl sites for hydroxylation is 1. The zero-order chi connectivity index (χ0) is 19.5. The SMILES string of the molecule is CC(C)CC[C@H]1CC(=O)C[C@@H]2c3ccc(OCc4ccccc4)cc3CC[C@@H]12. The van der Waals surface area contributed by atoms with Crippen molar-refractivity contribution >= 4 is 5.78 Å². The van der Waals surface area contributed by atoms with Crippen molar-refractivity contribution in [2.24, 2.45) is 17.8 Å². The fourth-order valence-corrected chi connectivity index (χ4v) is 5.21. The molecule has 0 heterocycles. The Hall–Kier alpha value is -2.09. The molecule has 2 nitrogen and oxygen atoms in total. The van der Waals surface area contributed by atoms with E-state index in [2.05, 4.69) is 44.2 Å². The average molecular weight is 377 g/mol. The molecule has 3 atom stereocenters. The summed E-state index contributed by atoms with van der Waals surface area (Å²) in [6, 6.07) is 16.9. The van der Waals surface area contributed by atoms with Crippen molar-refractivity contribution in [3.05, 3.63) is 65.2 Å². The second kappa shape index (κ2) is 8.51. The molecule has 0 aliphatic heterocycles. The largest absolute Gasteiger partial charge is 0.489 e. The van der Waals surface area contributed by atoms with Crippen molar-refractivity contribution < 1.29 is 9.53 Å². The highest BCUT2D eigenvalue weighted by Gasteiger charge is 2.40. The minimum absolute atomic E-state index is 0.422. The van der Waals surface area contributed by atoms with E-state index in [0.29, 0.717) is 30.1 Å². The lowest BCUT2D eigenvalue weighted by molar-refractivity contribution is -0.123. The van der Waals surface area contributed by atoms with Gasteiger partial charge in [-0.3, -0.25) is 4.79 Å². The second-order valence-corrected chi connectivity index (χ2v) is 9.12. The monoisotopic (exact) mass is 376 g/mol. The number of carbonyl (C=O) groups excluding carboxylic acids is 1. The third-order valence-electron chi connectivity index (χ3n) is 6.68. The molecule has 1 saturated carbocycles. The standard InChI is InChI=1S/C26H32O2/c1-18(2)8-9-20-14-22(27)16-26-24(20)12-10-21-15-23(11-13-25(21)26)28-17-19-6-4-3-5-7-19/h3-7,11,13,15,18,20,24,26H,8-10,12,14,16-17H2,1-2H3/t20-,24-,26-/m0/s1. The fourth-order valence-electron chi connectivity index (χ4n) is 5.21. The van der Waals surface area contributed by atoms with Gasteiger partial charge in [-0.15, -0.1) is 0 Å². The van der Waals surface area contributed by atoms with Crippen LogP contribution in [0, 0.1) is 17.8 Å². The molecule has 28 heavy (non-hydrogen) atoms. The van der Waals surface area contributed by atoms with Gasteiger partial charge in [0, 0.05) is 12.8 Å². The maximum Gasteiger partial charge on any atom is 0.133 e. The molecule has 2 aliphatic carbocycles. The van der Waals surface area contributed by atoms with Crippen molar-refractivity contribution in [2.45, 2.75) is 64.9 Å². The van der Waals surface area contributed by atoms with Crippen LogP contribution in [0.1, 0.15) is 68.6 Å². The van der Waals surface area contributed by atoms with E-state index in [1.54, 1.807) is 0 Å². The first-order valence-corrected chi connectivity index (χ1v) is 10.9. The molecule has 0 bridgehead atoms. The molecule has 0 amide bonds. The molecule has 0 unspecified atom stereocenters. The van der Waals surface area contributed by atoms with Crippen LogP contribution in [0.4, 0.5) is 0 Å². The number of rotatable bonds is 6. The summed E-state index contributed by atoms with van der Waals surface area (Å²) >= 11 is 0. The molecule has 1 fully saturated rings. The zero-order valence-corrected chi connectivity index (χ0v) is 17.2. The molecule has 2 aromatic carbocycles. The van der Waals surface area contributed by atoms with E-state index in [1.807, 2.05) is 18.2 Å². The van der Waals surface area contributed by atoms with Gasteiger partial charge in [0.1, 0.15) is 18.1 Å². The van der Waals surface area contributed by atoms with E-state index in [0.717, 1.165) is 30.9 Å². The predicted octanol–water partition coefficient (Wildman–Crippen LogP) is 6.33. The number of benzene rings is 2. The zero-order valence-electron chi connectivity index (χ0n) is 17.2. The summed E-state index contributed by atoms with van der Waals surface area (Å²) in [4.78, 5) is 12.5. The van der Waals surface area contributed by atoms with Gasteiger partial charge in [-0.05, 0) is 71.8 Å². The normalized spacial score (nSPS) is 24.0. The van der Waals surface area contributed by atoms with Crippen molar-refractivity contribution in [3.8, 4) is 5.75 Å². The summed E-state index contributed by atoms with van der Waals surface area (Å²) in [5, 5.41) is 0. The van der Waals surface area contributed by atoms with E-state index in [4.69, 9.17) is 4.74 Å². The first kappa shape index (κ1) is 19.2. The van der Waals surface area contributed by atoms with E-state index in [-0.39, 0.29) is 0 Å². The maximum atomic E-state index is 12.5. The van der Waals surface area contributed by atoms with Crippen molar-refractivity contribution in [1.82, 2.24) is 0 Å². The quantitative estimate of drug-likeness (QED) is 0.589. The predicted molar refractivity (Wildman–Crippen MR) is 114 cm³/mol. The van der Waals surface area contributed by atoms with Gasteiger partial charge in [-0.25, -0.2) is 0 Å². The fraction of sp³-hybridized carbons (Fsp3) is 0.500. The third kappa shape index (κ3) is 4.32. The average Bonchev–Trinajstić information content (AvgIpc) is 2.70. The number of hydrogen-bond donors (Lipinski definition) is 0. The van der Waals surface area contributed by atoms with E-state index >= 15 is 0 Å². The number of hydrogen-bond acceptors (Lipinski definition) is 2. The van der Waals surface area contributed by atoms with Crippen LogP contribution < -0.4 is 4.74 Å². The summed E-state index contributed by atoms with van der Waals surface area (Å²) in [5.74, 6) is 3.81. The van der Waals surface area contributed by atoms with Crippen LogP contribution in [0.25, 0.3) is 0 Å². The Bertz CT molecular complexity index is 808. The van der Waals surface area contributed by atoms with Gasteiger partial charge in [0.2, 0.25) is 0 Å². The number of fused-ring (bicyclic) bond motifs is 3. The molecule has 0 N–H and O–H groups in total. The van der Waals surface area contributed by atoms with Gasteiger partial charge in [0.25, 0.3) is 0 Å². The van der Waals surface area contributed by atoms with Gasteiger partial charge in [-0.1, -0.05) is 56.7 Å². The van der Waals surface area contributed by atoms with Crippen molar-refractivity contribution in [2.75, 3.05) is 0 Å². The minimum Gasteiger partial charge on any atom is -0.489 e. The van der Waals surface area contributed by atoms with Crippen LogP contribution in [0.15, 0.2) is 48.5 Å². The van der Waals surface area contributed by atoms with E-state index in [9.17, 15) is 4.79 Å². The van der Waals surface area contributed by atoms with Gasteiger partial charge >= 0.3 is 0 Å². The Morgan fingerprint density at radius 2 is 1.89 bits per heavy atom. The van der Waals surface area contributed by atoms with Crippen molar-refractivity contribution in [1.29, 1.82) is 0 Å². The summed E-state index contributed by atoms with van der Waals surface area (Å²) in [7, 11) is 0. The van der Waals surface area contributed by atoms with Crippen LogP contribution in [0.5, 0.6) is 5.75 Å². The number of ketones is 1. The molecular weight excluding hydrogens is 344 g/mol. The Balaban J connectivity index is 1.48. The van der Waals surface area contributed by atoms with Gasteiger partial charge in [0.05, 0.1) is 0 Å². The Kier molecular flexibility index (Phi) is 5.85. The molecule has 0 aromatic heterocycles. The molecule has 2 aromatic rings. The third-order valence-corrected chi connectivity index (χ3v) is 6.68. The number of carbonyl (C=O) groups is 1. The smallest absolute Gasteiger partial charge is 0.133 e. The summed E-state index contributed by atoms with van der Waals surface area (Å²) in [6.45, 7) is 5.17. The van der Waals surface area contributed by atoms with Gasteiger partial charge in [-0.2, -0.15) is 0 Å². The van der Waals surface area contributed by atoms with Crippen LogP contribution in [0.3, 0.4) is 0 Å². The Morgan fingerprint density at radius 1 is 1.07 bits per heavy atom. The highest BCUT2D eigenvalue weighted by Crippen LogP contribution is 2.48. The Labute approximate surface area is 169 Å². The molecule has 148 valence electrons. The van der Waals surface area contributed by atoms with Gasteiger partial charge < -0.3 is 4.74 Å². The van der Waals surface area contributed by atoms with Crippen LogP contribution in [-0.2, 0) is 17.8 Å². The second-order valence-electron chi connectivity index (χ2n) is 9.12. The van der Waals surface area contributed by atoms with E-state index in [1.165, 1.54) is 36.0 Å². The van der Waals surface area contributed by atoms with Gasteiger partial charge in [0.15, 0.2) is 0 Å². The number of Topliss-reactive ketones (excluding diaryl/α,β-unsaturated/α-hetero) is 1. The summed E-state index contributed by atoms with van der Waals surface area (Å²) in [5.41, 5.74) is 3.99. The molecule has 2 aliphatic rings. The topological polar surface area (TPSA) is 26.3 Å². The minimum atomic E-state index is 0.422. The van der Waals surface area contributed by atoms with Crippen LogP contribution in [0.2, 0.25) is 0 Å². The van der Waals surface area contributed by atoms with Crippen LogP contribution >= 0.6 is 0 Å². The maximum absolute atomic E-state index is 12.5. The van der Waals surface area contributed by atoms with E-state index < -0.39 is 0 Å².